The Hall–Kier alpha value is -4.81. The number of piperazine rings is 1. The Morgan fingerprint density at radius 3 is 2.58 bits per heavy atom. The highest BCUT2D eigenvalue weighted by atomic mass is 35.5. The van der Waals surface area contributed by atoms with Crippen molar-refractivity contribution in [2.75, 3.05) is 42.6 Å². The van der Waals surface area contributed by atoms with E-state index in [0.29, 0.717) is 22.5 Å². The fourth-order valence-corrected chi connectivity index (χ4v) is 6.36. The van der Waals surface area contributed by atoms with Crippen LogP contribution in [0, 0.1) is 30.5 Å². The number of carbonyl (C=O) groups is 2. The summed E-state index contributed by atoms with van der Waals surface area (Å²) in [6, 6.07) is 4.04. The lowest BCUT2D eigenvalue weighted by molar-refractivity contribution is -0.131. The number of nitrogens with one attached hydrogen (secondary N) is 3. The first-order chi connectivity index (χ1) is 21.3. The molecule has 13 heteroatoms. The molecule has 2 unspecified atom stereocenters. The monoisotopic (exact) mass is 632 g/mol. The van der Waals surface area contributed by atoms with Gasteiger partial charge in [0.2, 0.25) is 5.91 Å². The van der Waals surface area contributed by atoms with E-state index >= 15 is 4.39 Å². The van der Waals surface area contributed by atoms with Crippen molar-refractivity contribution in [3.8, 4) is 11.1 Å². The molecule has 2 aliphatic rings. The summed E-state index contributed by atoms with van der Waals surface area (Å²) in [4.78, 5) is 35.0. The molecule has 6 N–H and O–H groups in total. The summed E-state index contributed by atoms with van der Waals surface area (Å²) in [5, 5.41) is 31.2. The lowest BCUT2D eigenvalue weighted by atomic mass is 9.90. The second-order valence-electron chi connectivity index (χ2n) is 11.1. The van der Waals surface area contributed by atoms with Crippen LogP contribution in [0.3, 0.4) is 0 Å². The van der Waals surface area contributed by atoms with Gasteiger partial charge in [-0.25, -0.2) is 4.39 Å². The van der Waals surface area contributed by atoms with Crippen LogP contribution in [0.2, 0.25) is 5.02 Å². The molecule has 234 valence electrons. The number of aliphatic hydroxyl groups is 1. The van der Waals surface area contributed by atoms with E-state index in [1.807, 2.05) is 0 Å². The number of hydrogen-bond donors (Lipinski definition) is 5. The van der Waals surface area contributed by atoms with Crippen molar-refractivity contribution >= 4 is 58.2 Å². The summed E-state index contributed by atoms with van der Waals surface area (Å²) in [7, 11) is 1.41. The minimum absolute atomic E-state index is 0.0147. The Bertz CT molecular complexity index is 1790. The maximum Gasteiger partial charge on any atom is 0.251 e. The predicted octanol–water partition coefficient (Wildman–Crippen LogP) is 4.54. The van der Waals surface area contributed by atoms with E-state index in [9.17, 15) is 20.1 Å². The number of nitrogen functional groups attached to an aromatic ring is 1. The van der Waals surface area contributed by atoms with E-state index in [1.54, 1.807) is 50.1 Å². The van der Waals surface area contributed by atoms with Crippen molar-refractivity contribution in [3.63, 3.8) is 0 Å². The van der Waals surface area contributed by atoms with Gasteiger partial charge in [0.15, 0.2) is 5.82 Å². The van der Waals surface area contributed by atoms with Gasteiger partial charge < -0.3 is 36.3 Å². The molecule has 11 nitrogen and oxygen atoms in total. The molecule has 3 aromatic rings. The summed E-state index contributed by atoms with van der Waals surface area (Å²) < 4.78 is 17.2. The summed E-state index contributed by atoms with van der Waals surface area (Å²) in [6.45, 7) is 8.94. The number of nitrogens with zero attached hydrogens (tertiary/aromatic N) is 4. The van der Waals surface area contributed by atoms with E-state index < -0.39 is 23.9 Å². The second kappa shape index (κ2) is 11.9. The number of aliphatic hydroxyl groups excluding tert-OH is 1. The third kappa shape index (κ3) is 5.09. The van der Waals surface area contributed by atoms with Gasteiger partial charge in [0.25, 0.3) is 5.91 Å². The highest BCUT2D eigenvalue weighted by Crippen LogP contribution is 2.49. The molecule has 0 spiro atoms. The fourth-order valence-electron chi connectivity index (χ4n) is 6.04. The Morgan fingerprint density at radius 2 is 1.93 bits per heavy atom. The normalized spacial score (nSPS) is 17.0. The summed E-state index contributed by atoms with van der Waals surface area (Å²) >= 11 is 7.15. The zero-order chi connectivity index (χ0) is 32.9. The Balaban J connectivity index is 1.87. The van der Waals surface area contributed by atoms with Gasteiger partial charge in [-0.1, -0.05) is 24.2 Å². The number of anilines is 4. The molecule has 1 saturated heterocycles. The van der Waals surface area contributed by atoms with Crippen LogP contribution in [0.5, 0.6) is 0 Å². The molecule has 2 amide bonds. The second-order valence-corrected chi connectivity index (χ2v) is 11.5. The first-order valence-electron chi connectivity index (χ1n) is 14.2. The fraction of sp³-hybridized carbons (Fsp3) is 0.281. The predicted molar refractivity (Wildman–Crippen MR) is 174 cm³/mol. The largest absolute Gasteiger partial charge is 0.398 e. The number of rotatable bonds is 6. The van der Waals surface area contributed by atoms with Crippen molar-refractivity contribution in [2.45, 2.75) is 32.9 Å². The van der Waals surface area contributed by atoms with Gasteiger partial charge in [0, 0.05) is 49.4 Å². The smallest absolute Gasteiger partial charge is 0.251 e. The molecule has 1 fully saturated rings. The lowest BCUT2D eigenvalue weighted by Gasteiger charge is -2.40. The zero-order valence-electron chi connectivity index (χ0n) is 25.3. The third-order valence-electron chi connectivity index (χ3n) is 8.41. The molecule has 5 rings (SSSR count). The summed E-state index contributed by atoms with van der Waals surface area (Å²) in [6.07, 6.45) is 2.75. The minimum Gasteiger partial charge on any atom is -0.398 e. The average molecular weight is 633 g/mol. The van der Waals surface area contributed by atoms with Crippen LogP contribution in [0.1, 0.15) is 41.0 Å². The van der Waals surface area contributed by atoms with Crippen LogP contribution in [-0.4, -0.2) is 76.5 Å². The number of aromatic nitrogens is 1. The first-order valence-corrected chi connectivity index (χ1v) is 14.6. The van der Waals surface area contributed by atoms with Crippen molar-refractivity contribution in [1.29, 1.82) is 10.8 Å². The average Bonchev–Trinajstić information content (AvgIpc) is 3.09. The highest BCUT2D eigenvalue weighted by molar-refractivity contribution is 6.38. The summed E-state index contributed by atoms with van der Waals surface area (Å²) in [5.41, 5.74) is 8.70. The Labute approximate surface area is 265 Å². The lowest BCUT2D eigenvalue weighted by Crippen LogP contribution is -2.60. The zero-order valence-corrected chi connectivity index (χ0v) is 26.1. The van der Waals surface area contributed by atoms with Crippen LogP contribution in [-0.2, 0) is 9.59 Å². The number of hydrogen-bond acceptors (Lipinski definition) is 8. The van der Waals surface area contributed by atoms with E-state index in [-0.39, 0.29) is 75.7 Å². The van der Waals surface area contributed by atoms with Crippen LogP contribution in [0.25, 0.3) is 11.1 Å². The molecular formula is C32H34ClFN8O3. The molecule has 3 heterocycles. The van der Waals surface area contributed by atoms with Gasteiger partial charge in [-0.15, -0.1) is 0 Å². The number of amides is 2. The maximum atomic E-state index is 17.2. The molecule has 45 heavy (non-hydrogen) atoms. The Kier molecular flexibility index (Phi) is 8.39. The number of carbonyl (C=O) groups excluding carboxylic acids is 2. The third-order valence-corrected chi connectivity index (χ3v) is 8.79. The number of aryl methyl sites for hydroxylation is 2. The van der Waals surface area contributed by atoms with Crippen molar-refractivity contribution in [2.24, 2.45) is 0 Å². The maximum absolute atomic E-state index is 17.2. The SMILES string of the molecule is C=CC(=O)N1CCN2C(=N)c3c(Nc4c(C)ccnc4C(C)O)c(Cl)c(-c4c(C)ccc(N)c4C=N)c(F)c3N(C)C(=O)C2C1. The van der Waals surface area contributed by atoms with Crippen LogP contribution >= 0.6 is 11.6 Å². The van der Waals surface area contributed by atoms with Gasteiger partial charge in [-0.05, 0) is 55.7 Å². The molecule has 2 atom stereocenters. The molecule has 0 bridgehead atoms. The minimum atomic E-state index is -0.992. The van der Waals surface area contributed by atoms with Crippen molar-refractivity contribution < 1.29 is 19.1 Å². The number of amidine groups is 1. The molecule has 1 aromatic heterocycles. The van der Waals surface area contributed by atoms with E-state index in [4.69, 9.17) is 22.7 Å². The molecular weight excluding hydrogens is 599 g/mol. The number of benzene rings is 2. The molecule has 0 saturated carbocycles. The van der Waals surface area contributed by atoms with Gasteiger partial charge in [0.1, 0.15) is 11.9 Å². The van der Waals surface area contributed by atoms with Crippen LogP contribution in [0.4, 0.5) is 27.1 Å². The van der Waals surface area contributed by atoms with Gasteiger partial charge in [-0.2, -0.15) is 0 Å². The standard InChI is InChI=1S/C32H34ClFN8O3/c1-6-21(44)41-11-12-42-20(14-41)32(45)40(5)30-24(31(42)37)29(39-27-16(3)9-10-38-28(27)17(4)43)25(33)23(26(30)34)22-15(2)7-8-19(36)18(22)13-35/h6-10,13,17,20,35,37,39,43H,1,11-12,14,36H2,2-5H3. The number of likely N-dealkylation sites (N-methyl/N-ethyl adjacent to an activating group) is 1. The van der Waals surface area contributed by atoms with Gasteiger partial charge >= 0.3 is 0 Å². The van der Waals surface area contributed by atoms with Gasteiger partial charge in [0.05, 0.1) is 46.0 Å². The molecule has 0 radical (unpaired) electrons. The Morgan fingerprint density at radius 1 is 1.22 bits per heavy atom. The van der Waals surface area contributed by atoms with Crippen molar-refractivity contribution in [3.05, 3.63) is 75.8 Å². The molecule has 2 aliphatic heterocycles. The molecule has 0 aliphatic carbocycles. The van der Waals surface area contributed by atoms with Crippen molar-refractivity contribution in [1.82, 2.24) is 14.8 Å². The van der Waals surface area contributed by atoms with E-state index in [0.717, 1.165) is 11.1 Å². The highest BCUT2D eigenvalue weighted by Gasteiger charge is 2.44. The summed E-state index contributed by atoms with van der Waals surface area (Å²) in [5.74, 6) is -1.94. The molecule has 2 aromatic carbocycles. The van der Waals surface area contributed by atoms with Crippen LogP contribution in [0.15, 0.2) is 37.1 Å². The van der Waals surface area contributed by atoms with E-state index in [2.05, 4.69) is 16.9 Å². The first kappa shape index (κ1) is 31.6. The van der Waals surface area contributed by atoms with Crippen LogP contribution < -0.4 is 16.0 Å². The number of fused-ring (bicyclic) bond motifs is 2. The number of nitrogens with two attached hydrogens (primary N) is 1. The quantitative estimate of drug-likeness (QED) is 0.151. The number of pyridine rings is 1. The van der Waals surface area contributed by atoms with E-state index in [1.165, 1.54) is 18.0 Å². The number of halogens is 2. The topological polar surface area (TPSA) is 163 Å². The van der Waals surface area contributed by atoms with Gasteiger partial charge in [-0.3, -0.25) is 20.0 Å².